The second kappa shape index (κ2) is 7.85. The van der Waals surface area contributed by atoms with E-state index < -0.39 is 17.5 Å². The molecule has 2 heterocycles. The van der Waals surface area contributed by atoms with Crippen molar-refractivity contribution in [3.63, 3.8) is 0 Å². The molecule has 1 aliphatic rings. The normalized spacial score (nSPS) is 13.2. The highest BCUT2D eigenvalue weighted by atomic mass is 19.2. The van der Waals surface area contributed by atoms with E-state index >= 15 is 0 Å². The fourth-order valence-electron chi connectivity index (χ4n) is 3.31. The Morgan fingerprint density at radius 3 is 2.59 bits per heavy atom. The zero-order valence-electron chi connectivity index (χ0n) is 15.4. The third-order valence-corrected chi connectivity index (χ3v) is 4.75. The first kappa shape index (κ1) is 19.0. The van der Waals surface area contributed by atoms with Gasteiger partial charge in [-0.15, -0.1) is 0 Å². The lowest BCUT2D eigenvalue weighted by atomic mass is 10.1. The van der Waals surface area contributed by atoms with Crippen molar-refractivity contribution in [3.8, 4) is 0 Å². The van der Waals surface area contributed by atoms with E-state index in [9.17, 15) is 18.4 Å². The molecule has 27 heavy (non-hydrogen) atoms. The van der Waals surface area contributed by atoms with Crippen LogP contribution >= 0.6 is 0 Å². The molecule has 0 spiro atoms. The first-order chi connectivity index (χ1) is 13.0. The number of imidazole rings is 1. The number of nitrogens with zero attached hydrogens (tertiary/aromatic N) is 3. The van der Waals surface area contributed by atoms with Crippen LogP contribution in [0.5, 0.6) is 0 Å². The van der Waals surface area contributed by atoms with Crippen molar-refractivity contribution in [2.45, 2.75) is 39.7 Å². The molecule has 8 heteroatoms. The monoisotopic (exact) mass is 376 g/mol. The molecule has 1 aromatic heterocycles. The highest BCUT2D eigenvalue weighted by Crippen LogP contribution is 2.23. The predicted molar refractivity (Wildman–Crippen MR) is 96.7 cm³/mol. The summed E-state index contributed by atoms with van der Waals surface area (Å²) in [7, 11) is 0. The van der Waals surface area contributed by atoms with Crippen molar-refractivity contribution in [1.82, 2.24) is 14.5 Å². The number of hydrogen-bond acceptors (Lipinski definition) is 3. The average molecular weight is 376 g/mol. The van der Waals surface area contributed by atoms with Gasteiger partial charge in [-0.1, -0.05) is 0 Å². The highest BCUT2D eigenvalue weighted by Gasteiger charge is 2.29. The molecular formula is C19H22F2N4O2. The van der Waals surface area contributed by atoms with Crippen LogP contribution in [0.25, 0.3) is 0 Å². The number of carbonyl (C=O) groups is 2. The maximum atomic E-state index is 13.4. The molecule has 2 amide bonds. The van der Waals surface area contributed by atoms with Crippen LogP contribution in [0.3, 0.4) is 0 Å². The summed E-state index contributed by atoms with van der Waals surface area (Å²) in [6.07, 6.45) is 2.48. The van der Waals surface area contributed by atoms with Gasteiger partial charge in [-0.25, -0.2) is 13.8 Å². The van der Waals surface area contributed by atoms with Crippen LogP contribution in [0.4, 0.5) is 14.5 Å². The minimum Gasteiger partial charge on any atom is -0.338 e. The van der Waals surface area contributed by atoms with Crippen LogP contribution < -0.4 is 5.32 Å². The summed E-state index contributed by atoms with van der Waals surface area (Å²) in [4.78, 5) is 31.5. The number of aromatic nitrogens is 2. The van der Waals surface area contributed by atoms with Crippen molar-refractivity contribution in [2.24, 2.45) is 0 Å². The molecule has 0 saturated carbocycles. The van der Waals surface area contributed by atoms with Crippen molar-refractivity contribution in [1.29, 1.82) is 0 Å². The zero-order chi connectivity index (χ0) is 19.6. The Kier molecular flexibility index (Phi) is 5.53. The van der Waals surface area contributed by atoms with Gasteiger partial charge in [-0.3, -0.25) is 9.59 Å². The lowest BCUT2D eigenvalue weighted by molar-refractivity contribution is 0.0766. The quantitative estimate of drug-likeness (QED) is 0.871. The smallest absolute Gasteiger partial charge is 0.291 e. The van der Waals surface area contributed by atoms with Crippen molar-refractivity contribution >= 4 is 17.5 Å². The first-order valence-electron chi connectivity index (χ1n) is 9.11. The highest BCUT2D eigenvalue weighted by molar-refractivity contribution is 6.03. The number of amides is 2. The first-order valence-corrected chi connectivity index (χ1v) is 9.11. The SMILES string of the molecule is CCN(CC)C(=O)c1nc(C(=O)Nc2ccc(F)c(F)c2)n2c1CCCC2. The summed E-state index contributed by atoms with van der Waals surface area (Å²) in [5.41, 5.74) is 1.19. The fourth-order valence-corrected chi connectivity index (χ4v) is 3.31. The van der Waals surface area contributed by atoms with Gasteiger partial charge >= 0.3 is 0 Å². The second-order valence-corrected chi connectivity index (χ2v) is 6.40. The van der Waals surface area contributed by atoms with Gasteiger partial charge in [0.2, 0.25) is 0 Å². The number of benzene rings is 1. The van der Waals surface area contributed by atoms with Crippen LogP contribution in [0.1, 0.15) is 53.5 Å². The number of halogens is 2. The van der Waals surface area contributed by atoms with Gasteiger partial charge in [0.1, 0.15) is 5.69 Å². The Balaban J connectivity index is 1.94. The lowest BCUT2D eigenvalue weighted by Crippen LogP contribution is -2.31. The molecule has 0 aliphatic carbocycles. The lowest BCUT2D eigenvalue weighted by Gasteiger charge is -2.20. The Morgan fingerprint density at radius 1 is 1.19 bits per heavy atom. The Labute approximate surface area is 156 Å². The summed E-state index contributed by atoms with van der Waals surface area (Å²) in [5, 5.41) is 2.53. The molecule has 0 fully saturated rings. The number of anilines is 1. The summed E-state index contributed by atoms with van der Waals surface area (Å²) in [6, 6.07) is 3.13. The van der Waals surface area contributed by atoms with E-state index in [2.05, 4.69) is 10.3 Å². The molecule has 144 valence electrons. The van der Waals surface area contributed by atoms with E-state index in [1.54, 1.807) is 9.47 Å². The van der Waals surface area contributed by atoms with Crippen molar-refractivity contribution in [2.75, 3.05) is 18.4 Å². The van der Waals surface area contributed by atoms with Gasteiger partial charge in [-0.2, -0.15) is 0 Å². The van der Waals surface area contributed by atoms with Crippen LogP contribution in [-0.2, 0) is 13.0 Å². The van der Waals surface area contributed by atoms with E-state index in [0.29, 0.717) is 31.7 Å². The number of rotatable bonds is 5. The molecule has 6 nitrogen and oxygen atoms in total. The van der Waals surface area contributed by atoms with E-state index in [0.717, 1.165) is 30.7 Å². The van der Waals surface area contributed by atoms with Crippen LogP contribution in [0.15, 0.2) is 18.2 Å². The van der Waals surface area contributed by atoms with Gasteiger partial charge in [0.25, 0.3) is 11.8 Å². The maximum absolute atomic E-state index is 13.4. The zero-order valence-corrected chi connectivity index (χ0v) is 15.4. The Bertz CT molecular complexity index is 875. The third kappa shape index (κ3) is 3.70. The van der Waals surface area contributed by atoms with E-state index in [4.69, 9.17) is 0 Å². The molecule has 1 N–H and O–H groups in total. The number of fused-ring (bicyclic) bond motifs is 1. The third-order valence-electron chi connectivity index (χ3n) is 4.75. The molecule has 1 aliphatic heterocycles. The summed E-state index contributed by atoms with van der Waals surface area (Å²) >= 11 is 0. The van der Waals surface area contributed by atoms with E-state index in [1.807, 2.05) is 13.8 Å². The molecule has 0 saturated heterocycles. The number of carbonyl (C=O) groups excluding carboxylic acids is 2. The molecule has 0 unspecified atom stereocenters. The van der Waals surface area contributed by atoms with Gasteiger partial charge in [-0.05, 0) is 45.2 Å². The van der Waals surface area contributed by atoms with E-state index in [1.165, 1.54) is 6.07 Å². The summed E-state index contributed by atoms with van der Waals surface area (Å²) < 4.78 is 28.2. The minimum atomic E-state index is -1.05. The van der Waals surface area contributed by atoms with Gasteiger partial charge in [0.05, 0.1) is 5.69 Å². The average Bonchev–Trinajstić information content (AvgIpc) is 3.05. The topological polar surface area (TPSA) is 67.2 Å². The van der Waals surface area contributed by atoms with Gasteiger partial charge in [0.15, 0.2) is 17.5 Å². The molecule has 3 rings (SSSR count). The molecule has 0 atom stereocenters. The second-order valence-electron chi connectivity index (χ2n) is 6.40. The fraction of sp³-hybridized carbons (Fsp3) is 0.421. The Morgan fingerprint density at radius 2 is 1.93 bits per heavy atom. The number of nitrogens with one attached hydrogen (secondary N) is 1. The molecule has 1 aromatic carbocycles. The minimum absolute atomic E-state index is 0.116. The van der Waals surface area contributed by atoms with Crippen LogP contribution in [0, 0.1) is 11.6 Å². The molecule has 2 aromatic rings. The largest absolute Gasteiger partial charge is 0.338 e. The predicted octanol–water partition coefficient (Wildman–Crippen LogP) is 3.23. The molecule has 0 bridgehead atoms. The molecular weight excluding hydrogens is 354 g/mol. The van der Waals surface area contributed by atoms with E-state index in [-0.39, 0.29) is 17.4 Å². The van der Waals surface area contributed by atoms with Gasteiger partial charge in [0, 0.05) is 31.4 Å². The summed E-state index contributed by atoms with van der Waals surface area (Å²) in [6.45, 7) is 5.48. The van der Waals surface area contributed by atoms with Crippen LogP contribution in [-0.4, -0.2) is 39.4 Å². The van der Waals surface area contributed by atoms with Crippen molar-refractivity contribution in [3.05, 3.63) is 47.0 Å². The number of hydrogen-bond donors (Lipinski definition) is 1. The summed E-state index contributed by atoms with van der Waals surface area (Å²) in [5.74, 6) is -2.67. The standard InChI is InChI=1S/C19H22F2N4O2/c1-3-24(4-2)19(27)16-15-7-5-6-10-25(15)17(23-16)18(26)22-12-8-9-13(20)14(21)11-12/h8-9,11H,3-7,10H2,1-2H3,(H,22,26). The molecule has 0 radical (unpaired) electrons. The van der Waals surface area contributed by atoms with Crippen molar-refractivity contribution < 1.29 is 18.4 Å². The Hall–Kier alpha value is -2.77. The maximum Gasteiger partial charge on any atom is 0.291 e. The van der Waals surface area contributed by atoms with Gasteiger partial charge < -0.3 is 14.8 Å². The van der Waals surface area contributed by atoms with Crippen LogP contribution in [0.2, 0.25) is 0 Å².